The van der Waals surface area contributed by atoms with E-state index in [1.807, 2.05) is 42.5 Å². The van der Waals surface area contributed by atoms with Crippen LogP contribution in [0, 0.1) is 0 Å². The summed E-state index contributed by atoms with van der Waals surface area (Å²) in [6.07, 6.45) is 3.46. The molecule has 0 atom stereocenters. The van der Waals surface area contributed by atoms with E-state index in [-0.39, 0.29) is 0 Å². The van der Waals surface area contributed by atoms with Gasteiger partial charge in [0.05, 0.1) is 39.1 Å². The number of aromatic nitrogens is 6. The SMILES string of the molecule is c1ccc(-c2cc(-c3ccccc3)nc(-c3nccnc3-c3ccc4c(c3)c3ccccc3n4-c3cccc(-n4c5ccccc5c5ccccc54)c3)n2)cc1. The molecule has 6 heteroatoms. The van der Waals surface area contributed by atoms with Gasteiger partial charge in [-0.05, 0) is 54.6 Å². The largest absolute Gasteiger partial charge is 0.309 e. The zero-order chi connectivity index (χ0) is 37.0. The molecular weight excluding hydrogens is 685 g/mol. The topological polar surface area (TPSA) is 61.4 Å². The van der Waals surface area contributed by atoms with Gasteiger partial charge in [-0.2, -0.15) is 0 Å². The third-order valence-corrected chi connectivity index (χ3v) is 10.6. The number of hydrogen-bond donors (Lipinski definition) is 0. The molecule has 0 saturated heterocycles. The van der Waals surface area contributed by atoms with Gasteiger partial charge in [-0.15, -0.1) is 0 Å². The Hall–Kier alpha value is -7.70. The van der Waals surface area contributed by atoms with Crippen LogP contribution in [-0.4, -0.2) is 29.1 Å². The van der Waals surface area contributed by atoms with E-state index < -0.39 is 0 Å². The Labute approximate surface area is 322 Å². The van der Waals surface area contributed by atoms with Crippen LogP contribution < -0.4 is 0 Å². The van der Waals surface area contributed by atoms with E-state index in [1.54, 1.807) is 12.4 Å². The van der Waals surface area contributed by atoms with Crippen molar-refractivity contribution in [3.05, 3.63) is 194 Å². The van der Waals surface area contributed by atoms with Gasteiger partial charge in [-0.1, -0.05) is 127 Å². The Morgan fingerprint density at radius 1 is 0.321 bits per heavy atom. The first-order chi connectivity index (χ1) is 27.8. The average molecular weight is 717 g/mol. The van der Waals surface area contributed by atoms with Crippen LogP contribution in [0.4, 0.5) is 0 Å². The van der Waals surface area contributed by atoms with Gasteiger partial charge in [0.15, 0.2) is 5.82 Å². The second-order valence-corrected chi connectivity index (χ2v) is 13.9. The van der Waals surface area contributed by atoms with Gasteiger partial charge in [-0.25, -0.2) is 15.0 Å². The minimum Gasteiger partial charge on any atom is -0.309 e. The summed E-state index contributed by atoms with van der Waals surface area (Å²) in [5, 5.41) is 4.77. The smallest absolute Gasteiger partial charge is 0.181 e. The maximum atomic E-state index is 5.09. The van der Waals surface area contributed by atoms with Crippen molar-refractivity contribution in [2.45, 2.75) is 0 Å². The molecule has 0 amide bonds. The molecule has 0 aliphatic carbocycles. The van der Waals surface area contributed by atoms with Crippen molar-refractivity contribution >= 4 is 43.6 Å². The van der Waals surface area contributed by atoms with Gasteiger partial charge in [0, 0.05) is 62.0 Å². The monoisotopic (exact) mass is 716 g/mol. The minimum absolute atomic E-state index is 0.526. The molecule has 0 aliphatic heterocycles. The summed E-state index contributed by atoms with van der Waals surface area (Å²) in [6.45, 7) is 0. The lowest BCUT2D eigenvalue weighted by molar-refractivity contribution is 1.12. The summed E-state index contributed by atoms with van der Waals surface area (Å²) in [5.41, 5.74) is 12.8. The van der Waals surface area contributed by atoms with Crippen molar-refractivity contribution in [2.24, 2.45) is 0 Å². The lowest BCUT2D eigenvalue weighted by Gasteiger charge is -2.13. The van der Waals surface area contributed by atoms with Crippen LogP contribution in [0.15, 0.2) is 194 Å². The minimum atomic E-state index is 0.526. The molecule has 4 heterocycles. The first-order valence-corrected chi connectivity index (χ1v) is 18.7. The quantitative estimate of drug-likeness (QED) is 0.172. The summed E-state index contributed by atoms with van der Waals surface area (Å²) in [7, 11) is 0. The summed E-state index contributed by atoms with van der Waals surface area (Å²) >= 11 is 0. The molecule has 0 bridgehead atoms. The lowest BCUT2D eigenvalue weighted by atomic mass is 10.0. The Balaban J connectivity index is 1.07. The maximum absolute atomic E-state index is 5.09. The molecule has 11 aromatic rings. The molecule has 0 aliphatic rings. The summed E-state index contributed by atoms with van der Waals surface area (Å²) < 4.78 is 4.73. The molecule has 262 valence electrons. The summed E-state index contributed by atoms with van der Waals surface area (Å²) in [6, 6.07) is 63.8. The molecule has 0 fully saturated rings. The molecule has 56 heavy (non-hydrogen) atoms. The van der Waals surface area contributed by atoms with Crippen LogP contribution >= 0.6 is 0 Å². The van der Waals surface area contributed by atoms with Crippen LogP contribution in [0.3, 0.4) is 0 Å². The van der Waals surface area contributed by atoms with E-state index in [0.717, 1.165) is 67.0 Å². The fourth-order valence-electron chi connectivity index (χ4n) is 8.15. The van der Waals surface area contributed by atoms with E-state index in [0.29, 0.717) is 11.5 Å². The maximum Gasteiger partial charge on any atom is 0.181 e. The molecule has 0 unspecified atom stereocenters. The highest BCUT2D eigenvalue weighted by Crippen LogP contribution is 2.38. The molecule has 11 rings (SSSR count). The fourth-order valence-corrected chi connectivity index (χ4v) is 8.15. The Morgan fingerprint density at radius 2 is 0.786 bits per heavy atom. The molecule has 0 spiro atoms. The second-order valence-electron chi connectivity index (χ2n) is 13.9. The van der Waals surface area contributed by atoms with Gasteiger partial charge < -0.3 is 9.13 Å². The normalized spacial score (nSPS) is 11.6. The lowest BCUT2D eigenvalue weighted by Crippen LogP contribution is -2.00. The highest BCUT2D eigenvalue weighted by Gasteiger charge is 2.20. The van der Waals surface area contributed by atoms with E-state index in [1.165, 1.54) is 21.8 Å². The number of para-hydroxylation sites is 3. The predicted molar refractivity (Wildman–Crippen MR) is 228 cm³/mol. The van der Waals surface area contributed by atoms with E-state index >= 15 is 0 Å². The molecule has 0 N–H and O–H groups in total. The second kappa shape index (κ2) is 13.0. The Morgan fingerprint density at radius 3 is 1.34 bits per heavy atom. The summed E-state index contributed by atoms with van der Waals surface area (Å²) in [5.74, 6) is 0.526. The highest BCUT2D eigenvalue weighted by molar-refractivity contribution is 6.11. The summed E-state index contributed by atoms with van der Waals surface area (Å²) in [4.78, 5) is 20.0. The van der Waals surface area contributed by atoms with Gasteiger partial charge in [0.1, 0.15) is 5.69 Å². The van der Waals surface area contributed by atoms with Gasteiger partial charge in [0.2, 0.25) is 0 Å². The van der Waals surface area contributed by atoms with E-state index in [9.17, 15) is 0 Å². The third kappa shape index (κ3) is 5.19. The first kappa shape index (κ1) is 31.8. The zero-order valence-electron chi connectivity index (χ0n) is 30.2. The number of benzene rings is 7. The van der Waals surface area contributed by atoms with Crippen LogP contribution in [-0.2, 0) is 0 Å². The zero-order valence-corrected chi connectivity index (χ0v) is 30.2. The first-order valence-electron chi connectivity index (χ1n) is 18.7. The van der Waals surface area contributed by atoms with Crippen molar-refractivity contribution in [1.82, 2.24) is 29.1 Å². The molecule has 4 aromatic heterocycles. The Kier molecular flexibility index (Phi) is 7.38. The van der Waals surface area contributed by atoms with Crippen LogP contribution in [0.2, 0.25) is 0 Å². The fraction of sp³-hybridized carbons (Fsp3) is 0. The van der Waals surface area contributed by atoms with E-state index in [2.05, 4.69) is 149 Å². The van der Waals surface area contributed by atoms with E-state index in [4.69, 9.17) is 19.9 Å². The number of rotatable bonds is 6. The van der Waals surface area contributed by atoms with Crippen molar-refractivity contribution in [1.29, 1.82) is 0 Å². The van der Waals surface area contributed by atoms with Gasteiger partial charge in [0.25, 0.3) is 0 Å². The molecule has 7 aromatic carbocycles. The number of fused-ring (bicyclic) bond motifs is 6. The molecule has 6 nitrogen and oxygen atoms in total. The third-order valence-electron chi connectivity index (χ3n) is 10.6. The predicted octanol–water partition coefficient (Wildman–Crippen LogP) is 12.1. The number of nitrogens with zero attached hydrogens (tertiary/aromatic N) is 6. The number of hydrogen-bond acceptors (Lipinski definition) is 4. The van der Waals surface area contributed by atoms with Crippen LogP contribution in [0.5, 0.6) is 0 Å². The van der Waals surface area contributed by atoms with Gasteiger partial charge in [-0.3, -0.25) is 4.98 Å². The Bertz CT molecular complexity index is 3140. The van der Waals surface area contributed by atoms with Crippen LogP contribution in [0.1, 0.15) is 0 Å². The molecular formula is C50H32N6. The molecule has 0 saturated carbocycles. The van der Waals surface area contributed by atoms with Crippen molar-refractivity contribution in [2.75, 3.05) is 0 Å². The van der Waals surface area contributed by atoms with Crippen molar-refractivity contribution in [3.8, 4) is 56.7 Å². The van der Waals surface area contributed by atoms with Crippen molar-refractivity contribution in [3.63, 3.8) is 0 Å². The van der Waals surface area contributed by atoms with Gasteiger partial charge >= 0.3 is 0 Å². The highest BCUT2D eigenvalue weighted by atomic mass is 15.0. The standard InChI is InChI=1S/C50H32N6/c1-3-14-33(15-4-1)42-32-43(34-16-5-2-6-17-34)54-50(53-42)49-48(51-28-29-52-49)35-26-27-47-41(30-35)40-22-9-12-25-46(40)56(47)37-19-13-18-36(31-37)55-44-23-10-7-20-38(44)39-21-8-11-24-45(39)55/h1-32H. The average Bonchev–Trinajstić information content (AvgIpc) is 3.80. The van der Waals surface area contributed by atoms with Crippen LogP contribution in [0.25, 0.3) is 100 Å². The molecule has 0 radical (unpaired) electrons. The van der Waals surface area contributed by atoms with Crippen molar-refractivity contribution < 1.29 is 0 Å².